The van der Waals surface area contributed by atoms with Crippen molar-refractivity contribution in [2.75, 3.05) is 6.61 Å². The van der Waals surface area contributed by atoms with Crippen LogP contribution >= 0.6 is 0 Å². The minimum Gasteiger partial charge on any atom is -0.465 e. The van der Waals surface area contributed by atoms with Crippen LogP contribution in [-0.2, 0) is 43.0 Å². The second kappa shape index (κ2) is 25.8. The molecule has 1 fully saturated rings. The third kappa shape index (κ3) is 17.6. The SMILES string of the molecule is CC1=C(/C=C/C(C)=C/C=C/C(C)=C/C=C/C=C(C)/C=C/C=C(C)/C=C/C2=C(C)C(=O)C(OC(=O)CCC(=O)OCC3CCCCC3)CC2(C)C)C(C)(C)CC(OC(=O)CCC=O)C1=O. The highest BCUT2D eigenvalue weighted by Crippen LogP contribution is 2.42. The van der Waals surface area contributed by atoms with Gasteiger partial charge in [-0.25, -0.2) is 0 Å². The molecule has 0 N–H and O–H groups in total. The molecule has 0 radical (unpaired) electrons. The van der Waals surface area contributed by atoms with Crippen molar-refractivity contribution in [2.24, 2.45) is 16.7 Å². The summed E-state index contributed by atoms with van der Waals surface area (Å²) in [6, 6.07) is 0. The van der Waals surface area contributed by atoms with Crippen molar-refractivity contribution in [3.05, 3.63) is 130 Å². The van der Waals surface area contributed by atoms with Crippen molar-refractivity contribution in [1.82, 2.24) is 0 Å². The van der Waals surface area contributed by atoms with Crippen LogP contribution in [0.4, 0.5) is 0 Å². The van der Waals surface area contributed by atoms with Crippen LogP contribution in [0.25, 0.3) is 0 Å². The van der Waals surface area contributed by atoms with Crippen LogP contribution in [0.3, 0.4) is 0 Å². The van der Waals surface area contributed by atoms with E-state index in [2.05, 4.69) is 0 Å². The van der Waals surface area contributed by atoms with Crippen LogP contribution in [0.15, 0.2) is 130 Å². The summed E-state index contributed by atoms with van der Waals surface area (Å²) in [7, 11) is 0. The Bertz CT molecular complexity index is 2080. The number of aldehydes is 1. The largest absolute Gasteiger partial charge is 0.465 e. The number of Topliss-reactive ketones (excluding diaryl/α,β-unsaturated/α-hetero) is 2. The summed E-state index contributed by atoms with van der Waals surface area (Å²) in [5.74, 6) is -1.49. The molecule has 0 heterocycles. The van der Waals surface area contributed by atoms with E-state index in [1.807, 2.05) is 140 Å². The summed E-state index contributed by atoms with van der Waals surface area (Å²) in [5, 5.41) is 0. The Labute approximate surface area is 382 Å². The number of hydrogen-bond acceptors (Lipinski definition) is 9. The number of esters is 3. The van der Waals surface area contributed by atoms with E-state index in [0.717, 1.165) is 46.3 Å². The molecule has 64 heavy (non-hydrogen) atoms. The highest BCUT2D eigenvalue weighted by atomic mass is 16.6. The molecule has 9 heteroatoms. The van der Waals surface area contributed by atoms with Crippen LogP contribution < -0.4 is 0 Å². The molecule has 0 amide bonds. The van der Waals surface area contributed by atoms with Crippen molar-refractivity contribution in [2.45, 2.75) is 152 Å². The van der Waals surface area contributed by atoms with E-state index in [1.54, 1.807) is 13.8 Å². The molecule has 1 saturated carbocycles. The molecule has 3 rings (SSSR count). The summed E-state index contributed by atoms with van der Waals surface area (Å²) >= 11 is 0. The lowest BCUT2D eigenvalue weighted by molar-refractivity contribution is -0.158. The van der Waals surface area contributed by atoms with Crippen LogP contribution in [0, 0.1) is 16.7 Å². The Balaban J connectivity index is 1.49. The van der Waals surface area contributed by atoms with Crippen LogP contribution in [0.1, 0.15) is 140 Å². The quantitative estimate of drug-likeness (QED) is 0.0508. The van der Waals surface area contributed by atoms with Gasteiger partial charge in [0.15, 0.2) is 23.8 Å². The summed E-state index contributed by atoms with van der Waals surface area (Å²) in [6.07, 6.45) is 33.3. The van der Waals surface area contributed by atoms with E-state index >= 15 is 0 Å². The molecule has 0 aromatic carbocycles. The standard InChI is InChI=1S/C55H72O9/c1-38(21-16-23-40(3)28-30-45-42(5)52(60)47(35-54(45,7)8)63-50(58)27-18-34-56)19-14-15-20-39(2)22-17-24-41(4)29-31-46-43(6)53(61)48(36-55(46,9)10)64-51(59)33-32-49(57)62-37-44-25-12-11-13-26-44/h14-17,19-24,28-31,34,44,47-48H,11-13,18,25-27,32-33,35-37H2,1-10H3/b15-14+,21-16+,22-17+,30-28+,31-29+,38-19+,39-20+,40-23+,41-24+. The van der Waals surface area contributed by atoms with Crippen molar-refractivity contribution in [3.8, 4) is 0 Å². The van der Waals surface area contributed by atoms with E-state index in [0.29, 0.717) is 42.8 Å². The fraction of sp³-hybridized carbons (Fsp3) is 0.491. The Morgan fingerprint density at radius 3 is 1.44 bits per heavy atom. The first kappa shape index (κ1) is 52.9. The van der Waals surface area contributed by atoms with Crippen LogP contribution in [-0.4, -0.2) is 54.6 Å². The van der Waals surface area contributed by atoms with Gasteiger partial charge in [0.2, 0.25) is 0 Å². The normalized spacial score (nSPS) is 21.9. The van der Waals surface area contributed by atoms with Crippen molar-refractivity contribution >= 4 is 35.8 Å². The Hall–Kier alpha value is -5.44. The van der Waals surface area contributed by atoms with Crippen LogP contribution in [0.2, 0.25) is 0 Å². The third-order valence-corrected chi connectivity index (χ3v) is 12.0. The minimum absolute atomic E-state index is 0.0264. The Morgan fingerprint density at radius 1 is 0.578 bits per heavy atom. The molecular formula is C55H72O9. The number of carbonyl (C=O) groups excluding carboxylic acids is 6. The first-order valence-electron chi connectivity index (χ1n) is 22.8. The van der Waals surface area contributed by atoms with E-state index in [4.69, 9.17) is 14.2 Å². The zero-order valence-electron chi connectivity index (χ0n) is 40.1. The van der Waals surface area contributed by atoms with E-state index in [9.17, 15) is 28.8 Å². The number of allylic oxidation sites excluding steroid dienone is 20. The van der Waals surface area contributed by atoms with Gasteiger partial charge in [-0.15, -0.1) is 0 Å². The van der Waals surface area contributed by atoms with E-state index in [1.165, 1.54) is 19.3 Å². The van der Waals surface area contributed by atoms with Gasteiger partial charge >= 0.3 is 17.9 Å². The van der Waals surface area contributed by atoms with Gasteiger partial charge in [0.1, 0.15) is 6.29 Å². The van der Waals surface area contributed by atoms with Gasteiger partial charge in [0.25, 0.3) is 0 Å². The molecule has 0 aliphatic heterocycles. The fourth-order valence-corrected chi connectivity index (χ4v) is 8.21. The predicted octanol–water partition coefficient (Wildman–Crippen LogP) is 11.9. The second-order valence-corrected chi connectivity index (χ2v) is 18.7. The number of rotatable bonds is 20. The lowest BCUT2D eigenvalue weighted by Crippen LogP contribution is -2.39. The molecule has 0 aromatic rings. The second-order valence-electron chi connectivity index (χ2n) is 18.7. The highest BCUT2D eigenvalue weighted by molar-refractivity contribution is 6.02. The molecule has 0 saturated heterocycles. The number of ether oxygens (including phenoxy) is 3. The van der Waals surface area contributed by atoms with Gasteiger partial charge in [-0.1, -0.05) is 154 Å². The molecule has 9 nitrogen and oxygen atoms in total. The molecule has 3 aliphatic rings. The molecule has 2 unspecified atom stereocenters. The number of ketones is 2. The van der Waals surface area contributed by atoms with Gasteiger partial charge in [0, 0.05) is 19.3 Å². The molecule has 2 atom stereocenters. The molecular weight excluding hydrogens is 805 g/mol. The average molecular weight is 877 g/mol. The molecule has 0 spiro atoms. The average Bonchev–Trinajstić information content (AvgIpc) is 3.23. The molecule has 3 aliphatic carbocycles. The smallest absolute Gasteiger partial charge is 0.307 e. The minimum atomic E-state index is -0.879. The Morgan fingerprint density at radius 2 is 0.984 bits per heavy atom. The van der Waals surface area contributed by atoms with Crippen molar-refractivity contribution in [1.29, 1.82) is 0 Å². The van der Waals surface area contributed by atoms with E-state index in [-0.39, 0.29) is 42.7 Å². The summed E-state index contributed by atoms with van der Waals surface area (Å²) < 4.78 is 16.4. The van der Waals surface area contributed by atoms with Gasteiger partial charge in [0.05, 0.1) is 25.9 Å². The first-order valence-corrected chi connectivity index (χ1v) is 22.8. The lowest BCUT2D eigenvalue weighted by Gasteiger charge is -2.36. The maximum absolute atomic E-state index is 13.3. The topological polar surface area (TPSA) is 130 Å². The number of hydrogen-bond donors (Lipinski definition) is 0. The van der Waals surface area contributed by atoms with Gasteiger partial charge in [-0.3, -0.25) is 24.0 Å². The van der Waals surface area contributed by atoms with Gasteiger partial charge in [-0.2, -0.15) is 0 Å². The lowest BCUT2D eigenvalue weighted by atomic mass is 9.71. The van der Waals surface area contributed by atoms with Crippen molar-refractivity contribution in [3.63, 3.8) is 0 Å². The van der Waals surface area contributed by atoms with Crippen LogP contribution in [0.5, 0.6) is 0 Å². The third-order valence-electron chi connectivity index (χ3n) is 12.0. The number of carbonyl (C=O) groups is 6. The maximum Gasteiger partial charge on any atom is 0.307 e. The molecule has 0 bridgehead atoms. The summed E-state index contributed by atoms with van der Waals surface area (Å²) in [5.41, 5.74) is 6.37. The summed E-state index contributed by atoms with van der Waals surface area (Å²) in [6.45, 7) is 20.2. The van der Waals surface area contributed by atoms with E-state index < -0.39 is 35.5 Å². The van der Waals surface area contributed by atoms with Gasteiger partial charge < -0.3 is 19.0 Å². The van der Waals surface area contributed by atoms with Crippen molar-refractivity contribution < 1.29 is 43.0 Å². The fourth-order valence-electron chi connectivity index (χ4n) is 8.21. The monoisotopic (exact) mass is 877 g/mol. The maximum atomic E-state index is 13.3. The van der Waals surface area contributed by atoms with Gasteiger partial charge in [-0.05, 0) is 93.4 Å². The first-order chi connectivity index (χ1) is 30.2. The zero-order valence-corrected chi connectivity index (χ0v) is 40.1. The molecule has 346 valence electrons. The summed E-state index contributed by atoms with van der Waals surface area (Å²) in [4.78, 5) is 73.8. The predicted molar refractivity (Wildman–Crippen MR) is 255 cm³/mol. The highest BCUT2D eigenvalue weighted by Gasteiger charge is 2.41. The Kier molecular flexibility index (Phi) is 21.3. The zero-order chi connectivity index (χ0) is 47.5. The molecule has 0 aromatic heterocycles.